The summed E-state index contributed by atoms with van der Waals surface area (Å²) in [4.78, 5) is 0. The van der Waals surface area contributed by atoms with Gasteiger partial charge in [0.15, 0.2) is 5.75 Å². The van der Waals surface area contributed by atoms with Gasteiger partial charge < -0.3 is 0 Å². The lowest BCUT2D eigenvalue weighted by Gasteiger charge is -2.23. The van der Waals surface area contributed by atoms with Gasteiger partial charge in [0.05, 0.1) is 6.07 Å². The van der Waals surface area contributed by atoms with E-state index < -0.39 is 15.8 Å². The number of hydrogen-bond acceptors (Lipinski definition) is 3. The Labute approximate surface area is 85.4 Å². The highest BCUT2D eigenvalue weighted by Crippen LogP contribution is 2.36. The fraction of sp³-hybridized carbons (Fsp3) is 0.889. The molecule has 1 rings (SSSR count). The zero-order valence-electron chi connectivity index (χ0n) is 8.41. The monoisotopic (exact) mass is 216 g/mol. The SMILES string of the molecule is CC1(CNS(=O)(=O)CC#N)CCCC1. The summed E-state index contributed by atoms with van der Waals surface area (Å²) in [6.45, 7) is 2.56. The Bertz CT molecular complexity index is 323. The fourth-order valence-electron chi connectivity index (χ4n) is 1.83. The molecule has 0 aromatic heterocycles. The molecule has 1 aliphatic rings. The maximum absolute atomic E-state index is 11.2. The highest BCUT2D eigenvalue weighted by molar-refractivity contribution is 7.89. The molecule has 1 fully saturated rings. The number of nitrogens with zero attached hydrogens (tertiary/aromatic N) is 1. The second-order valence-electron chi connectivity index (χ2n) is 4.26. The third-order valence-electron chi connectivity index (χ3n) is 2.78. The van der Waals surface area contributed by atoms with Crippen molar-refractivity contribution in [2.45, 2.75) is 32.6 Å². The largest absolute Gasteiger partial charge is 0.225 e. The van der Waals surface area contributed by atoms with E-state index in [1.165, 1.54) is 12.8 Å². The molecule has 0 aromatic carbocycles. The third kappa shape index (κ3) is 3.28. The average Bonchev–Trinajstić information content (AvgIpc) is 2.50. The van der Waals surface area contributed by atoms with Crippen molar-refractivity contribution in [3.63, 3.8) is 0 Å². The minimum absolute atomic E-state index is 0.0997. The zero-order valence-corrected chi connectivity index (χ0v) is 9.23. The normalized spacial score (nSPS) is 20.6. The predicted octanol–water partition coefficient (Wildman–Crippen LogP) is 1.01. The number of hydrogen-bond donors (Lipinski definition) is 1. The molecule has 0 aliphatic heterocycles. The van der Waals surface area contributed by atoms with E-state index in [1.807, 2.05) is 0 Å². The molecule has 0 saturated heterocycles. The smallest absolute Gasteiger partial charge is 0.214 e. The molecule has 1 aliphatic carbocycles. The summed E-state index contributed by atoms with van der Waals surface area (Å²) < 4.78 is 24.9. The van der Waals surface area contributed by atoms with Crippen LogP contribution in [0.15, 0.2) is 0 Å². The molecule has 4 nitrogen and oxygen atoms in total. The summed E-state index contributed by atoms with van der Waals surface area (Å²) in [5.41, 5.74) is 0.0997. The van der Waals surface area contributed by atoms with E-state index in [4.69, 9.17) is 5.26 Å². The molecule has 1 N–H and O–H groups in total. The Kier molecular flexibility index (Phi) is 3.51. The van der Waals surface area contributed by atoms with Gasteiger partial charge in [0, 0.05) is 6.54 Å². The van der Waals surface area contributed by atoms with Crippen molar-refractivity contribution < 1.29 is 8.42 Å². The van der Waals surface area contributed by atoms with Crippen molar-refractivity contribution in [2.24, 2.45) is 5.41 Å². The van der Waals surface area contributed by atoms with Crippen LogP contribution < -0.4 is 4.72 Å². The minimum Gasteiger partial charge on any atom is -0.214 e. The van der Waals surface area contributed by atoms with Crippen LogP contribution >= 0.6 is 0 Å². The van der Waals surface area contributed by atoms with Crippen LogP contribution in [0.1, 0.15) is 32.6 Å². The van der Waals surface area contributed by atoms with Crippen LogP contribution in [0.25, 0.3) is 0 Å². The summed E-state index contributed by atoms with van der Waals surface area (Å²) in [7, 11) is -3.37. The molecule has 0 spiro atoms. The van der Waals surface area contributed by atoms with Crippen molar-refractivity contribution in [3.8, 4) is 6.07 Å². The zero-order chi connectivity index (χ0) is 10.7. The molecule has 0 bridgehead atoms. The van der Waals surface area contributed by atoms with Crippen molar-refractivity contribution in [2.75, 3.05) is 12.3 Å². The van der Waals surface area contributed by atoms with Gasteiger partial charge in [-0.05, 0) is 18.3 Å². The maximum atomic E-state index is 11.2. The topological polar surface area (TPSA) is 70.0 Å². The van der Waals surface area contributed by atoms with Crippen LogP contribution in [0.2, 0.25) is 0 Å². The Hall–Kier alpha value is -0.600. The molecule has 5 heteroatoms. The quantitative estimate of drug-likeness (QED) is 0.762. The maximum Gasteiger partial charge on any atom is 0.225 e. The van der Waals surface area contributed by atoms with Crippen molar-refractivity contribution >= 4 is 10.0 Å². The molecule has 0 atom stereocenters. The first-order valence-electron chi connectivity index (χ1n) is 4.82. The van der Waals surface area contributed by atoms with Crippen molar-refractivity contribution in [1.29, 1.82) is 5.26 Å². The van der Waals surface area contributed by atoms with Gasteiger partial charge in [0.2, 0.25) is 10.0 Å². The third-order valence-corrected chi connectivity index (χ3v) is 3.88. The molecule has 1 saturated carbocycles. The fourth-order valence-corrected chi connectivity index (χ4v) is 2.67. The van der Waals surface area contributed by atoms with Gasteiger partial charge in [0.1, 0.15) is 0 Å². The summed E-state index contributed by atoms with van der Waals surface area (Å²) in [5.74, 6) is -0.441. The van der Waals surface area contributed by atoms with Gasteiger partial charge in [-0.2, -0.15) is 5.26 Å². The van der Waals surface area contributed by atoms with E-state index in [-0.39, 0.29) is 5.41 Å². The second-order valence-corrected chi connectivity index (χ2v) is 6.06. The molecule has 80 valence electrons. The van der Waals surface area contributed by atoms with E-state index >= 15 is 0 Å². The number of nitriles is 1. The van der Waals surface area contributed by atoms with Gasteiger partial charge in [-0.3, -0.25) is 0 Å². The van der Waals surface area contributed by atoms with Crippen LogP contribution in [0.5, 0.6) is 0 Å². The van der Waals surface area contributed by atoms with Crippen LogP contribution in [0.3, 0.4) is 0 Å². The minimum atomic E-state index is -3.37. The van der Waals surface area contributed by atoms with Crippen molar-refractivity contribution in [1.82, 2.24) is 4.72 Å². The van der Waals surface area contributed by atoms with Crippen LogP contribution in [0, 0.1) is 16.7 Å². The van der Waals surface area contributed by atoms with E-state index in [1.54, 1.807) is 6.07 Å². The van der Waals surface area contributed by atoms with Crippen LogP contribution in [0.4, 0.5) is 0 Å². The summed E-state index contributed by atoms with van der Waals surface area (Å²) in [6, 6.07) is 1.65. The molecule has 0 aromatic rings. The Morgan fingerprint density at radius 3 is 2.50 bits per heavy atom. The Balaban J connectivity index is 2.44. The van der Waals surface area contributed by atoms with Crippen molar-refractivity contribution in [3.05, 3.63) is 0 Å². The number of sulfonamides is 1. The van der Waals surface area contributed by atoms with Gasteiger partial charge in [-0.15, -0.1) is 0 Å². The van der Waals surface area contributed by atoms with Gasteiger partial charge in [0.25, 0.3) is 0 Å². The van der Waals surface area contributed by atoms with Gasteiger partial charge in [-0.1, -0.05) is 19.8 Å². The standard InChI is InChI=1S/C9H16N2O2S/c1-9(4-2-3-5-9)8-11-14(12,13)7-6-10/h11H,2-5,7-8H2,1H3. The first-order chi connectivity index (χ1) is 6.47. The molecule has 0 radical (unpaired) electrons. The van der Waals surface area contributed by atoms with Gasteiger partial charge in [-0.25, -0.2) is 13.1 Å². The predicted molar refractivity (Wildman–Crippen MR) is 54.0 cm³/mol. The van der Waals surface area contributed by atoms with E-state index in [0.717, 1.165) is 12.8 Å². The highest BCUT2D eigenvalue weighted by atomic mass is 32.2. The van der Waals surface area contributed by atoms with E-state index in [0.29, 0.717) is 6.54 Å². The summed E-state index contributed by atoms with van der Waals surface area (Å²) >= 11 is 0. The number of nitrogens with one attached hydrogen (secondary N) is 1. The lowest BCUT2D eigenvalue weighted by Crippen LogP contribution is -2.35. The first kappa shape index (κ1) is 11.5. The molecular formula is C9H16N2O2S. The summed E-state index contributed by atoms with van der Waals surface area (Å²) in [5, 5.41) is 8.29. The Morgan fingerprint density at radius 2 is 2.00 bits per heavy atom. The van der Waals surface area contributed by atoms with E-state index in [2.05, 4.69) is 11.6 Å². The van der Waals surface area contributed by atoms with Crippen LogP contribution in [-0.2, 0) is 10.0 Å². The Morgan fingerprint density at radius 1 is 1.43 bits per heavy atom. The lowest BCUT2D eigenvalue weighted by molar-refractivity contribution is 0.336. The lowest BCUT2D eigenvalue weighted by atomic mass is 9.89. The van der Waals surface area contributed by atoms with E-state index in [9.17, 15) is 8.42 Å². The molecular weight excluding hydrogens is 200 g/mol. The first-order valence-corrected chi connectivity index (χ1v) is 6.47. The summed E-state index contributed by atoms with van der Waals surface area (Å²) in [6.07, 6.45) is 4.50. The second kappa shape index (κ2) is 4.28. The molecule has 0 unspecified atom stereocenters. The average molecular weight is 216 g/mol. The molecule has 14 heavy (non-hydrogen) atoms. The highest BCUT2D eigenvalue weighted by Gasteiger charge is 2.29. The number of rotatable bonds is 4. The molecule has 0 heterocycles. The molecule has 0 amide bonds. The van der Waals surface area contributed by atoms with Gasteiger partial charge >= 0.3 is 0 Å². The van der Waals surface area contributed by atoms with Crippen LogP contribution in [-0.4, -0.2) is 20.7 Å².